The van der Waals surface area contributed by atoms with Crippen LogP contribution in [0.2, 0.25) is 0 Å². The van der Waals surface area contributed by atoms with Gasteiger partial charge >= 0.3 is 0 Å². The number of hydrogen-bond acceptors (Lipinski definition) is 7. The molecule has 2 aromatic rings. The average molecular weight is 583 g/mol. The number of aryl methyl sites for hydroxylation is 1. The third-order valence-corrected chi connectivity index (χ3v) is 7.85. The van der Waals surface area contributed by atoms with E-state index < -0.39 is 5.82 Å². The number of Topliss-reactive ketones (excluding diaryl/α,β-unsaturated/α-hetero) is 1. The van der Waals surface area contributed by atoms with Crippen molar-refractivity contribution in [1.82, 2.24) is 9.80 Å². The van der Waals surface area contributed by atoms with Crippen LogP contribution in [0.3, 0.4) is 0 Å². The fourth-order valence-electron chi connectivity index (χ4n) is 5.70. The number of carbonyl (C=O) groups excluding carboxylic acids is 2. The molecule has 0 spiro atoms. The molecule has 1 N–H and O–H groups in total. The molecule has 2 aliphatic heterocycles. The van der Waals surface area contributed by atoms with E-state index in [-0.39, 0.29) is 48.5 Å². The molecule has 0 atom stereocenters. The van der Waals surface area contributed by atoms with Crippen molar-refractivity contribution in [3.05, 3.63) is 46.3 Å². The molecule has 1 saturated heterocycles. The van der Waals surface area contributed by atoms with E-state index in [4.69, 9.17) is 19.6 Å². The highest BCUT2D eigenvalue weighted by atomic mass is 19.1. The maximum Gasteiger partial charge on any atom is 0.222 e. The standard InChI is InChI=1S/C32H43FN4O5/c1-6-10-11-21-16-22(17-24(30(21)40-5)35-12-14-36(15-13-35)27(39)7-2)25(38)20-37-19-23-18-26(41-8-3)31(42-9-4)29(33)28(23)32(37)34/h16-18,34H,6-15,19-20H2,1-5H3. The number of benzene rings is 2. The molecule has 0 unspecified atom stereocenters. The van der Waals surface area contributed by atoms with Gasteiger partial charge in [-0.25, -0.2) is 4.39 Å². The number of carbonyl (C=O) groups is 2. The van der Waals surface area contributed by atoms with Gasteiger partial charge in [0.25, 0.3) is 0 Å². The Bertz CT molecular complexity index is 1320. The Balaban J connectivity index is 1.61. The highest BCUT2D eigenvalue weighted by molar-refractivity contribution is 6.06. The zero-order chi connectivity index (χ0) is 30.4. The lowest BCUT2D eigenvalue weighted by molar-refractivity contribution is -0.131. The van der Waals surface area contributed by atoms with E-state index in [0.717, 1.165) is 36.3 Å². The lowest BCUT2D eigenvalue weighted by Gasteiger charge is -2.37. The number of fused-ring (bicyclic) bond motifs is 1. The van der Waals surface area contributed by atoms with Crippen LogP contribution in [-0.4, -0.2) is 80.4 Å². The third-order valence-electron chi connectivity index (χ3n) is 7.85. The van der Waals surface area contributed by atoms with Crippen LogP contribution < -0.4 is 19.1 Å². The minimum absolute atomic E-state index is 0.00266. The molecule has 228 valence electrons. The Morgan fingerprint density at radius 2 is 1.69 bits per heavy atom. The maximum atomic E-state index is 15.5. The first kappa shape index (κ1) is 31.1. The first-order valence-corrected chi connectivity index (χ1v) is 15.0. The molecule has 42 heavy (non-hydrogen) atoms. The largest absolute Gasteiger partial charge is 0.494 e. The van der Waals surface area contributed by atoms with Crippen molar-refractivity contribution in [3.63, 3.8) is 0 Å². The number of piperazine rings is 1. The van der Waals surface area contributed by atoms with Gasteiger partial charge < -0.3 is 28.9 Å². The summed E-state index contributed by atoms with van der Waals surface area (Å²) in [6.45, 7) is 10.8. The fourth-order valence-corrected chi connectivity index (χ4v) is 5.70. The molecular formula is C32H43FN4O5. The number of ether oxygens (including phenoxy) is 3. The van der Waals surface area contributed by atoms with Crippen LogP contribution in [0.15, 0.2) is 18.2 Å². The summed E-state index contributed by atoms with van der Waals surface area (Å²) in [5, 5.41) is 8.73. The number of ketones is 1. The van der Waals surface area contributed by atoms with Gasteiger partial charge in [-0.15, -0.1) is 0 Å². The molecule has 10 heteroatoms. The fraction of sp³-hybridized carbons (Fsp3) is 0.531. The number of nitrogens with zero attached hydrogens (tertiary/aromatic N) is 3. The highest BCUT2D eigenvalue weighted by Gasteiger charge is 2.33. The van der Waals surface area contributed by atoms with Gasteiger partial charge in [0.2, 0.25) is 5.91 Å². The number of unbranched alkanes of at least 4 members (excludes halogenated alkanes) is 1. The maximum absolute atomic E-state index is 15.5. The topological polar surface area (TPSA) is 95.4 Å². The van der Waals surface area contributed by atoms with E-state index in [1.165, 1.54) is 0 Å². The minimum Gasteiger partial charge on any atom is -0.494 e. The Kier molecular flexibility index (Phi) is 10.3. The predicted octanol–water partition coefficient (Wildman–Crippen LogP) is 5.06. The minimum atomic E-state index is -0.632. The van der Waals surface area contributed by atoms with E-state index in [2.05, 4.69) is 11.8 Å². The van der Waals surface area contributed by atoms with Gasteiger partial charge in [0, 0.05) is 44.7 Å². The summed E-state index contributed by atoms with van der Waals surface area (Å²) in [6, 6.07) is 5.47. The molecule has 2 aliphatic rings. The monoisotopic (exact) mass is 582 g/mol. The third kappa shape index (κ3) is 6.32. The highest BCUT2D eigenvalue weighted by Crippen LogP contribution is 2.40. The van der Waals surface area contributed by atoms with Gasteiger partial charge in [-0.1, -0.05) is 20.3 Å². The molecule has 0 aromatic heterocycles. The van der Waals surface area contributed by atoms with Crippen LogP contribution >= 0.6 is 0 Å². The average Bonchev–Trinajstić information content (AvgIpc) is 3.31. The molecule has 4 rings (SSSR count). The van der Waals surface area contributed by atoms with Gasteiger partial charge in [-0.05, 0) is 56.0 Å². The van der Waals surface area contributed by atoms with Crippen LogP contribution in [0, 0.1) is 11.2 Å². The lowest BCUT2D eigenvalue weighted by Crippen LogP contribution is -2.48. The first-order chi connectivity index (χ1) is 20.3. The van der Waals surface area contributed by atoms with Crippen molar-refractivity contribution in [1.29, 1.82) is 5.41 Å². The van der Waals surface area contributed by atoms with Crippen molar-refractivity contribution in [3.8, 4) is 17.2 Å². The summed E-state index contributed by atoms with van der Waals surface area (Å²) in [5.74, 6) is 0.356. The summed E-state index contributed by atoms with van der Waals surface area (Å²) in [5.41, 5.74) is 3.06. The summed E-state index contributed by atoms with van der Waals surface area (Å²) in [4.78, 5) is 31.6. The smallest absolute Gasteiger partial charge is 0.222 e. The molecule has 9 nitrogen and oxygen atoms in total. The zero-order valence-corrected chi connectivity index (χ0v) is 25.5. The van der Waals surface area contributed by atoms with Gasteiger partial charge in [-0.2, -0.15) is 0 Å². The first-order valence-electron chi connectivity index (χ1n) is 15.0. The molecule has 0 bridgehead atoms. The number of rotatable bonds is 13. The normalized spacial score (nSPS) is 14.7. The number of methoxy groups -OCH3 is 1. The molecule has 0 saturated carbocycles. The Labute approximate surface area is 248 Å². The number of amidine groups is 1. The second-order valence-corrected chi connectivity index (χ2v) is 10.6. The van der Waals surface area contributed by atoms with E-state index >= 15 is 4.39 Å². The number of nitrogens with one attached hydrogen (secondary N) is 1. The van der Waals surface area contributed by atoms with E-state index in [0.29, 0.717) is 56.1 Å². The zero-order valence-electron chi connectivity index (χ0n) is 25.5. The molecule has 1 amide bonds. The van der Waals surface area contributed by atoms with Crippen molar-refractivity contribution in [2.24, 2.45) is 0 Å². The summed E-state index contributed by atoms with van der Waals surface area (Å²) >= 11 is 0. The second-order valence-electron chi connectivity index (χ2n) is 10.6. The van der Waals surface area contributed by atoms with Crippen molar-refractivity contribution >= 4 is 23.2 Å². The number of hydrogen-bond donors (Lipinski definition) is 1. The number of amides is 1. The number of halogens is 1. The van der Waals surface area contributed by atoms with Crippen LogP contribution in [0.1, 0.15) is 74.0 Å². The summed E-state index contributed by atoms with van der Waals surface area (Å²) in [7, 11) is 1.65. The predicted molar refractivity (Wildman–Crippen MR) is 161 cm³/mol. The van der Waals surface area contributed by atoms with Crippen LogP contribution in [0.5, 0.6) is 17.2 Å². The lowest BCUT2D eigenvalue weighted by atomic mass is 9.99. The van der Waals surface area contributed by atoms with E-state index in [9.17, 15) is 9.59 Å². The molecular weight excluding hydrogens is 539 g/mol. The summed E-state index contributed by atoms with van der Waals surface area (Å²) < 4.78 is 32.6. The van der Waals surface area contributed by atoms with E-state index in [1.54, 1.807) is 25.0 Å². The molecule has 2 aromatic carbocycles. The number of anilines is 1. The molecule has 0 radical (unpaired) electrons. The van der Waals surface area contributed by atoms with Crippen molar-refractivity contribution in [2.45, 2.75) is 59.9 Å². The molecule has 0 aliphatic carbocycles. The Morgan fingerprint density at radius 3 is 2.31 bits per heavy atom. The second kappa shape index (κ2) is 13.9. The van der Waals surface area contributed by atoms with Gasteiger partial charge in [0.05, 0.1) is 38.1 Å². The van der Waals surface area contributed by atoms with E-state index in [1.807, 2.05) is 30.9 Å². The summed E-state index contributed by atoms with van der Waals surface area (Å²) in [6.07, 6.45) is 3.19. The Morgan fingerprint density at radius 1 is 0.976 bits per heavy atom. The van der Waals surface area contributed by atoms with Crippen molar-refractivity contribution < 1.29 is 28.2 Å². The van der Waals surface area contributed by atoms with Crippen LogP contribution in [-0.2, 0) is 17.8 Å². The molecule has 2 heterocycles. The Hall–Kier alpha value is -3.82. The van der Waals surface area contributed by atoms with Gasteiger partial charge in [-0.3, -0.25) is 15.0 Å². The SMILES string of the molecule is CCCCc1cc(C(=O)CN2Cc3cc(OCC)c(OCC)c(F)c3C2=N)cc(N2CCN(C(=O)CC)CC2)c1OC. The van der Waals surface area contributed by atoms with Crippen molar-refractivity contribution in [2.75, 3.05) is 57.9 Å². The van der Waals surface area contributed by atoms with Gasteiger partial charge in [0.15, 0.2) is 23.1 Å². The molecule has 1 fully saturated rings. The quantitative estimate of drug-likeness (QED) is 0.330. The van der Waals surface area contributed by atoms with Crippen LogP contribution in [0.25, 0.3) is 0 Å². The van der Waals surface area contributed by atoms with Crippen LogP contribution in [0.4, 0.5) is 10.1 Å². The van der Waals surface area contributed by atoms with Gasteiger partial charge in [0.1, 0.15) is 11.6 Å².